The highest BCUT2D eigenvalue weighted by Crippen LogP contribution is 2.38. The summed E-state index contributed by atoms with van der Waals surface area (Å²) in [6.45, 7) is 6.93. The van der Waals surface area contributed by atoms with E-state index in [-0.39, 0.29) is 23.3 Å². The maximum Gasteiger partial charge on any atom is 0.251 e. The number of carbonyl (C=O) groups is 1. The van der Waals surface area contributed by atoms with Crippen molar-refractivity contribution in [3.8, 4) is 0 Å². The molecule has 1 saturated carbocycles. The highest BCUT2D eigenvalue weighted by Gasteiger charge is 2.35. The van der Waals surface area contributed by atoms with Crippen molar-refractivity contribution in [3.63, 3.8) is 0 Å². The van der Waals surface area contributed by atoms with Crippen molar-refractivity contribution < 1.29 is 18.7 Å². The van der Waals surface area contributed by atoms with Gasteiger partial charge in [0.05, 0.1) is 12.1 Å². The molecule has 220 valence electrons. The molecule has 4 N–H and O–H groups in total. The number of hydrogen-bond donors (Lipinski definition) is 4. The molecule has 0 aliphatic heterocycles. The molecule has 1 fully saturated rings. The maximum atomic E-state index is 14.0. The molecule has 4 rings (SSSR count). The lowest BCUT2D eigenvalue weighted by Gasteiger charge is -2.41. The third-order valence-electron chi connectivity index (χ3n) is 8.21. The zero-order valence-electron chi connectivity index (χ0n) is 24.6. The first-order chi connectivity index (χ1) is 19.5. The van der Waals surface area contributed by atoms with Crippen LogP contribution >= 0.6 is 0 Å². The topological polar surface area (TPSA) is 73.4 Å². The number of hydrogen-bond acceptors (Lipinski definition) is 4. The van der Waals surface area contributed by atoms with Gasteiger partial charge >= 0.3 is 0 Å². The summed E-state index contributed by atoms with van der Waals surface area (Å²) in [4.78, 5) is 12.0. The third kappa shape index (κ3) is 7.92. The van der Waals surface area contributed by atoms with Crippen LogP contribution in [0.25, 0.3) is 0 Å². The van der Waals surface area contributed by atoms with Crippen molar-refractivity contribution in [2.75, 3.05) is 18.9 Å². The Bertz CT molecular complexity index is 1290. The quantitative estimate of drug-likeness (QED) is 0.229. The van der Waals surface area contributed by atoms with Crippen LogP contribution in [0.1, 0.15) is 79.9 Å². The molecule has 5 nitrogen and oxygen atoms in total. The van der Waals surface area contributed by atoms with Crippen LogP contribution in [-0.2, 0) is 17.4 Å². The average Bonchev–Trinajstić information content (AvgIpc) is 2.95. The van der Waals surface area contributed by atoms with E-state index in [0.717, 1.165) is 31.7 Å². The Labute approximate surface area is 242 Å². The van der Waals surface area contributed by atoms with Crippen molar-refractivity contribution in [1.82, 2.24) is 10.6 Å². The first kappa shape index (κ1) is 30.7. The summed E-state index contributed by atoms with van der Waals surface area (Å²) in [6.07, 6.45) is 4.68. The minimum absolute atomic E-state index is 0.0218. The van der Waals surface area contributed by atoms with Crippen molar-refractivity contribution in [2.24, 2.45) is 0 Å². The summed E-state index contributed by atoms with van der Waals surface area (Å²) < 4.78 is 28.1. The van der Waals surface area contributed by atoms with E-state index in [0.29, 0.717) is 23.4 Å². The highest BCUT2D eigenvalue weighted by atomic mass is 19.1. The molecule has 0 unspecified atom stereocenters. The van der Waals surface area contributed by atoms with Gasteiger partial charge in [0.1, 0.15) is 11.6 Å². The van der Waals surface area contributed by atoms with Crippen LogP contribution < -0.4 is 16.0 Å². The summed E-state index contributed by atoms with van der Waals surface area (Å²) in [7, 11) is 1.57. The minimum atomic E-state index is -0.871. The van der Waals surface area contributed by atoms with Crippen LogP contribution in [0.3, 0.4) is 0 Å². The van der Waals surface area contributed by atoms with Gasteiger partial charge in [0.15, 0.2) is 0 Å². The monoisotopic (exact) mass is 563 g/mol. The van der Waals surface area contributed by atoms with Gasteiger partial charge in [0, 0.05) is 36.4 Å². The van der Waals surface area contributed by atoms with E-state index in [2.05, 4.69) is 61.0 Å². The number of benzene rings is 3. The summed E-state index contributed by atoms with van der Waals surface area (Å²) in [5, 5.41) is 21.2. The van der Waals surface area contributed by atoms with Gasteiger partial charge in [0.2, 0.25) is 0 Å². The number of nitrogens with one attached hydrogen (secondary N) is 3. The minimum Gasteiger partial charge on any atom is -0.390 e. The van der Waals surface area contributed by atoms with Crippen molar-refractivity contribution in [3.05, 3.63) is 101 Å². The van der Waals surface area contributed by atoms with Crippen molar-refractivity contribution in [1.29, 1.82) is 0 Å². The molecule has 0 bridgehead atoms. The number of aliphatic hydroxyl groups is 1. The average molecular weight is 564 g/mol. The van der Waals surface area contributed by atoms with Gasteiger partial charge in [-0.3, -0.25) is 4.79 Å². The van der Waals surface area contributed by atoms with Gasteiger partial charge < -0.3 is 21.1 Å². The Hall–Kier alpha value is -3.29. The van der Waals surface area contributed by atoms with E-state index in [1.165, 1.54) is 29.7 Å². The Kier molecular flexibility index (Phi) is 9.82. The Morgan fingerprint density at radius 2 is 1.61 bits per heavy atom. The second-order valence-electron chi connectivity index (χ2n) is 12.3. The van der Waals surface area contributed by atoms with Crippen LogP contribution in [0.2, 0.25) is 0 Å². The Morgan fingerprint density at radius 1 is 0.951 bits per heavy atom. The zero-order chi connectivity index (χ0) is 29.6. The first-order valence-electron chi connectivity index (χ1n) is 14.6. The molecule has 0 spiro atoms. The number of halogens is 2. The van der Waals surface area contributed by atoms with E-state index >= 15 is 0 Å². The molecule has 7 heteroatoms. The summed E-state index contributed by atoms with van der Waals surface area (Å²) >= 11 is 0. The largest absolute Gasteiger partial charge is 0.390 e. The third-order valence-corrected chi connectivity index (χ3v) is 8.21. The van der Waals surface area contributed by atoms with Crippen LogP contribution in [0.4, 0.5) is 14.5 Å². The van der Waals surface area contributed by atoms with Gasteiger partial charge in [-0.05, 0) is 77.8 Å². The highest BCUT2D eigenvalue weighted by molar-refractivity contribution is 5.94. The van der Waals surface area contributed by atoms with Crippen LogP contribution in [-0.4, -0.2) is 36.8 Å². The maximum absolute atomic E-state index is 14.0. The standard InChI is InChI=1S/C34H43F2N3O2/c1-33(2,3)25-9-8-10-26(20-25)34(15-6-5-7-16-34)38-22-31(40)30(19-23-17-27(35)21-28(36)18-23)39-29-13-11-24(12-14-29)32(41)37-4/h8-14,17-18,20-21,30-31,38-40H,5-7,15-16,19,22H2,1-4H3,(H,37,41)/t30-,31+/m0/s1. The lowest BCUT2D eigenvalue weighted by atomic mass is 9.74. The smallest absolute Gasteiger partial charge is 0.251 e. The van der Waals surface area contributed by atoms with Gasteiger partial charge in [0.25, 0.3) is 5.91 Å². The van der Waals surface area contributed by atoms with Crippen LogP contribution in [0, 0.1) is 11.6 Å². The summed E-state index contributed by atoms with van der Waals surface area (Å²) in [5.74, 6) is -1.50. The molecule has 0 aromatic heterocycles. The van der Waals surface area contributed by atoms with E-state index in [1.54, 1.807) is 31.3 Å². The van der Waals surface area contributed by atoms with Crippen LogP contribution in [0.5, 0.6) is 0 Å². The zero-order valence-corrected chi connectivity index (χ0v) is 24.6. The van der Waals surface area contributed by atoms with E-state index in [9.17, 15) is 18.7 Å². The Morgan fingerprint density at radius 3 is 2.22 bits per heavy atom. The number of rotatable bonds is 10. The number of anilines is 1. The molecular formula is C34H43F2N3O2. The van der Waals surface area contributed by atoms with E-state index in [4.69, 9.17) is 0 Å². The SMILES string of the molecule is CNC(=O)c1ccc(N[C@@H](Cc2cc(F)cc(F)c2)[C@H](O)CNC2(c3cccc(C(C)(C)C)c3)CCCCC2)cc1. The molecular weight excluding hydrogens is 520 g/mol. The van der Waals surface area contributed by atoms with Gasteiger partial charge in [-0.1, -0.05) is 64.3 Å². The fourth-order valence-corrected chi connectivity index (χ4v) is 5.79. The lowest BCUT2D eigenvalue weighted by Crippen LogP contribution is -2.50. The normalized spacial score (nSPS) is 16.6. The lowest BCUT2D eigenvalue weighted by molar-refractivity contribution is 0.0963. The molecule has 0 saturated heterocycles. The van der Waals surface area contributed by atoms with Gasteiger partial charge in [-0.15, -0.1) is 0 Å². The second-order valence-corrected chi connectivity index (χ2v) is 12.3. The second kappa shape index (κ2) is 13.1. The number of carbonyl (C=O) groups excluding carboxylic acids is 1. The number of aliphatic hydroxyl groups excluding tert-OH is 1. The van der Waals surface area contributed by atoms with E-state index < -0.39 is 23.8 Å². The van der Waals surface area contributed by atoms with Crippen LogP contribution in [0.15, 0.2) is 66.7 Å². The fraction of sp³-hybridized carbons (Fsp3) is 0.441. The molecule has 0 heterocycles. The molecule has 0 radical (unpaired) electrons. The predicted molar refractivity (Wildman–Crippen MR) is 161 cm³/mol. The molecule has 3 aromatic rings. The van der Waals surface area contributed by atoms with Crippen molar-refractivity contribution in [2.45, 2.75) is 82.4 Å². The summed E-state index contributed by atoms with van der Waals surface area (Å²) in [6, 6.07) is 18.6. The van der Waals surface area contributed by atoms with Gasteiger partial charge in [-0.2, -0.15) is 0 Å². The van der Waals surface area contributed by atoms with Crippen molar-refractivity contribution >= 4 is 11.6 Å². The summed E-state index contributed by atoms with van der Waals surface area (Å²) in [5.41, 5.74) is 3.93. The predicted octanol–water partition coefficient (Wildman–Crippen LogP) is 6.46. The Balaban J connectivity index is 1.58. The molecule has 1 amide bonds. The fourth-order valence-electron chi connectivity index (χ4n) is 5.79. The number of amides is 1. The molecule has 2 atom stereocenters. The molecule has 1 aliphatic carbocycles. The molecule has 1 aliphatic rings. The van der Waals surface area contributed by atoms with E-state index in [1.807, 2.05) is 0 Å². The molecule has 41 heavy (non-hydrogen) atoms. The van der Waals surface area contributed by atoms with Gasteiger partial charge in [-0.25, -0.2) is 8.78 Å². The molecule has 3 aromatic carbocycles. The first-order valence-corrected chi connectivity index (χ1v) is 14.6.